The van der Waals surface area contributed by atoms with Gasteiger partial charge < -0.3 is 5.11 Å². The van der Waals surface area contributed by atoms with Crippen molar-refractivity contribution in [2.75, 3.05) is 0 Å². The lowest BCUT2D eigenvalue weighted by Crippen LogP contribution is -1.96. The van der Waals surface area contributed by atoms with Gasteiger partial charge in [0.1, 0.15) is 0 Å². The molecule has 0 amide bonds. The average molecular weight is 337 g/mol. The lowest BCUT2D eigenvalue weighted by atomic mass is 10.1. The van der Waals surface area contributed by atoms with Gasteiger partial charge in [-0.2, -0.15) is 0 Å². The summed E-state index contributed by atoms with van der Waals surface area (Å²) in [5, 5.41) is 9.05. The smallest absolute Gasteiger partial charge is 0.335 e. The monoisotopic (exact) mass is 336 g/mol. The van der Waals surface area contributed by atoms with Gasteiger partial charge in [0.05, 0.1) is 5.56 Å². The van der Waals surface area contributed by atoms with Crippen LogP contribution in [0.2, 0.25) is 0 Å². The van der Waals surface area contributed by atoms with Crippen LogP contribution in [0.5, 0.6) is 0 Å². The molecule has 0 saturated carbocycles. The molecule has 2 aromatic carbocycles. The standard InChI is InChI=1S/C15H13BrO2S/c1-9-3-4-13(5-10(9)2)19-14-7-11(15(17)18)6-12(16)8-14/h3-8H,1-2H3,(H,17,18). The molecule has 0 aliphatic rings. The van der Waals surface area contributed by atoms with Crippen LogP contribution in [0.4, 0.5) is 0 Å². The molecule has 19 heavy (non-hydrogen) atoms. The fraction of sp³-hybridized carbons (Fsp3) is 0.133. The first kappa shape index (κ1) is 14.2. The molecule has 2 aromatic rings. The SMILES string of the molecule is Cc1ccc(Sc2cc(Br)cc(C(=O)O)c2)cc1C. The number of aromatic carboxylic acids is 1. The molecule has 0 heterocycles. The van der Waals surface area contributed by atoms with E-state index in [0.29, 0.717) is 5.56 Å². The Balaban J connectivity index is 2.32. The fourth-order valence-corrected chi connectivity index (χ4v) is 3.32. The van der Waals surface area contributed by atoms with E-state index in [1.165, 1.54) is 11.1 Å². The highest BCUT2D eigenvalue weighted by Gasteiger charge is 2.07. The zero-order valence-corrected chi connectivity index (χ0v) is 13.0. The molecular formula is C15H13BrO2S. The number of carbonyl (C=O) groups is 1. The van der Waals surface area contributed by atoms with Gasteiger partial charge >= 0.3 is 5.97 Å². The van der Waals surface area contributed by atoms with Gasteiger partial charge in [-0.25, -0.2) is 4.79 Å². The second-order valence-electron chi connectivity index (χ2n) is 4.33. The van der Waals surface area contributed by atoms with E-state index in [2.05, 4.69) is 41.9 Å². The molecule has 0 aliphatic heterocycles. The van der Waals surface area contributed by atoms with Crippen molar-refractivity contribution in [3.63, 3.8) is 0 Å². The van der Waals surface area contributed by atoms with Gasteiger partial charge in [0, 0.05) is 14.3 Å². The summed E-state index contributed by atoms with van der Waals surface area (Å²) in [6.45, 7) is 4.15. The van der Waals surface area contributed by atoms with E-state index in [1.54, 1.807) is 23.9 Å². The van der Waals surface area contributed by atoms with Gasteiger partial charge in [-0.1, -0.05) is 33.8 Å². The molecule has 0 atom stereocenters. The van der Waals surface area contributed by atoms with Crippen molar-refractivity contribution < 1.29 is 9.90 Å². The van der Waals surface area contributed by atoms with Gasteiger partial charge in [0.15, 0.2) is 0 Å². The first-order valence-corrected chi connectivity index (χ1v) is 7.35. The average Bonchev–Trinajstić information content (AvgIpc) is 2.33. The van der Waals surface area contributed by atoms with E-state index < -0.39 is 5.97 Å². The van der Waals surface area contributed by atoms with Gasteiger partial charge in [-0.15, -0.1) is 0 Å². The predicted molar refractivity (Wildman–Crippen MR) is 81.1 cm³/mol. The van der Waals surface area contributed by atoms with Crippen LogP contribution in [0.25, 0.3) is 0 Å². The molecule has 0 spiro atoms. The minimum atomic E-state index is -0.914. The van der Waals surface area contributed by atoms with Crippen molar-refractivity contribution in [1.82, 2.24) is 0 Å². The molecule has 98 valence electrons. The quantitative estimate of drug-likeness (QED) is 0.864. The van der Waals surface area contributed by atoms with Gasteiger partial charge in [-0.05, 0) is 55.3 Å². The minimum Gasteiger partial charge on any atom is -0.478 e. The molecule has 0 bridgehead atoms. The maximum Gasteiger partial charge on any atom is 0.335 e. The molecule has 0 aromatic heterocycles. The Morgan fingerprint density at radius 3 is 2.42 bits per heavy atom. The van der Waals surface area contributed by atoms with Crippen LogP contribution in [0, 0.1) is 13.8 Å². The zero-order valence-electron chi connectivity index (χ0n) is 10.6. The highest BCUT2D eigenvalue weighted by molar-refractivity contribution is 9.10. The van der Waals surface area contributed by atoms with Crippen LogP contribution >= 0.6 is 27.7 Å². The lowest BCUT2D eigenvalue weighted by Gasteiger charge is -2.06. The molecule has 2 rings (SSSR count). The van der Waals surface area contributed by atoms with Crippen LogP contribution < -0.4 is 0 Å². The number of benzene rings is 2. The van der Waals surface area contributed by atoms with Crippen molar-refractivity contribution >= 4 is 33.7 Å². The number of rotatable bonds is 3. The topological polar surface area (TPSA) is 37.3 Å². The third-order valence-corrected chi connectivity index (χ3v) is 4.25. The van der Waals surface area contributed by atoms with Gasteiger partial charge in [-0.3, -0.25) is 0 Å². The number of hydrogen-bond acceptors (Lipinski definition) is 2. The Morgan fingerprint density at radius 2 is 1.79 bits per heavy atom. The third kappa shape index (κ3) is 3.61. The number of carboxylic acid groups (broad SMARTS) is 1. The fourth-order valence-electron chi connectivity index (χ4n) is 1.66. The molecule has 0 unspecified atom stereocenters. The van der Waals surface area contributed by atoms with Crippen LogP contribution in [0.1, 0.15) is 21.5 Å². The normalized spacial score (nSPS) is 10.5. The highest BCUT2D eigenvalue weighted by atomic mass is 79.9. The summed E-state index contributed by atoms with van der Waals surface area (Å²) in [6.07, 6.45) is 0. The Morgan fingerprint density at radius 1 is 1.05 bits per heavy atom. The molecule has 1 N–H and O–H groups in total. The van der Waals surface area contributed by atoms with E-state index in [0.717, 1.165) is 14.3 Å². The first-order chi connectivity index (χ1) is 8.95. The van der Waals surface area contributed by atoms with E-state index in [-0.39, 0.29) is 0 Å². The Hall–Kier alpha value is -1.26. The Labute approximate surface area is 125 Å². The van der Waals surface area contributed by atoms with E-state index in [1.807, 2.05) is 12.1 Å². The summed E-state index contributed by atoms with van der Waals surface area (Å²) in [6, 6.07) is 11.5. The number of hydrogen-bond donors (Lipinski definition) is 1. The van der Waals surface area contributed by atoms with Gasteiger partial charge in [0.25, 0.3) is 0 Å². The van der Waals surface area contributed by atoms with Crippen LogP contribution in [0.15, 0.2) is 50.7 Å². The maximum atomic E-state index is 11.0. The summed E-state index contributed by atoms with van der Waals surface area (Å²) in [5.41, 5.74) is 2.78. The van der Waals surface area contributed by atoms with Crippen molar-refractivity contribution in [2.45, 2.75) is 23.6 Å². The summed E-state index contributed by atoms with van der Waals surface area (Å²) in [5.74, 6) is -0.914. The van der Waals surface area contributed by atoms with Gasteiger partial charge in [0.2, 0.25) is 0 Å². The van der Waals surface area contributed by atoms with Crippen molar-refractivity contribution in [1.29, 1.82) is 0 Å². The molecule has 0 saturated heterocycles. The molecule has 2 nitrogen and oxygen atoms in total. The summed E-state index contributed by atoms with van der Waals surface area (Å²) >= 11 is 4.91. The van der Waals surface area contributed by atoms with Crippen LogP contribution in [-0.4, -0.2) is 11.1 Å². The summed E-state index contributed by atoms with van der Waals surface area (Å²) in [4.78, 5) is 13.0. The maximum absolute atomic E-state index is 11.0. The van der Waals surface area contributed by atoms with Crippen molar-refractivity contribution in [3.05, 3.63) is 57.6 Å². The second-order valence-corrected chi connectivity index (χ2v) is 6.39. The highest BCUT2D eigenvalue weighted by Crippen LogP contribution is 2.31. The third-order valence-electron chi connectivity index (χ3n) is 2.83. The first-order valence-electron chi connectivity index (χ1n) is 5.75. The van der Waals surface area contributed by atoms with Crippen molar-refractivity contribution in [2.24, 2.45) is 0 Å². The second kappa shape index (κ2) is 5.80. The largest absolute Gasteiger partial charge is 0.478 e. The van der Waals surface area contributed by atoms with E-state index in [4.69, 9.17) is 5.11 Å². The van der Waals surface area contributed by atoms with E-state index >= 15 is 0 Å². The lowest BCUT2D eigenvalue weighted by molar-refractivity contribution is 0.0696. The number of aryl methyl sites for hydroxylation is 2. The van der Waals surface area contributed by atoms with Crippen molar-refractivity contribution in [3.8, 4) is 0 Å². The van der Waals surface area contributed by atoms with E-state index in [9.17, 15) is 4.79 Å². The summed E-state index contributed by atoms with van der Waals surface area (Å²) < 4.78 is 0.777. The summed E-state index contributed by atoms with van der Waals surface area (Å²) in [7, 11) is 0. The van der Waals surface area contributed by atoms with Crippen LogP contribution in [-0.2, 0) is 0 Å². The molecule has 0 fully saturated rings. The number of halogens is 1. The van der Waals surface area contributed by atoms with Crippen LogP contribution in [0.3, 0.4) is 0 Å². The Bertz CT molecular complexity index is 638. The predicted octanol–water partition coefficient (Wildman–Crippen LogP) is 4.92. The molecule has 0 radical (unpaired) electrons. The Kier molecular flexibility index (Phi) is 4.32. The zero-order chi connectivity index (χ0) is 14.0. The number of carboxylic acids is 1. The molecular weight excluding hydrogens is 324 g/mol. The minimum absolute atomic E-state index is 0.292. The molecule has 0 aliphatic carbocycles. The molecule has 4 heteroatoms.